The van der Waals surface area contributed by atoms with Crippen molar-refractivity contribution >= 4 is 11.6 Å². The standard InChI is InChI=1S/C13H14N4O4/c1-2-21-12-9(4-3-6-14-12)15-11(19)8-17-7-5-10(18)16-13(17)20/h3-7H,2,8H2,1H3,(H,15,19)(H,16,18,20). The number of ether oxygens (including phenoxy) is 1. The fourth-order valence-electron chi connectivity index (χ4n) is 1.65. The minimum absolute atomic E-state index is 0.226. The Kier molecular flexibility index (Phi) is 4.50. The van der Waals surface area contributed by atoms with E-state index in [2.05, 4.69) is 15.3 Å². The smallest absolute Gasteiger partial charge is 0.328 e. The zero-order valence-corrected chi connectivity index (χ0v) is 11.3. The second kappa shape index (κ2) is 6.51. The topological polar surface area (TPSA) is 106 Å². The van der Waals surface area contributed by atoms with Crippen LogP contribution in [0.1, 0.15) is 6.92 Å². The number of aromatic nitrogens is 3. The highest BCUT2D eigenvalue weighted by Crippen LogP contribution is 2.20. The molecule has 0 aliphatic carbocycles. The number of aromatic amines is 1. The Balaban J connectivity index is 2.12. The average Bonchev–Trinajstić information content (AvgIpc) is 2.44. The first-order valence-corrected chi connectivity index (χ1v) is 6.27. The molecule has 110 valence electrons. The lowest BCUT2D eigenvalue weighted by atomic mass is 10.4. The van der Waals surface area contributed by atoms with Crippen molar-refractivity contribution in [1.82, 2.24) is 14.5 Å². The number of pyridine rings is 1. The van der Waals surface area contributed by atoms with Gasteiger partial charge >= 0.3 is 5.69 Å². The van der Waals surface area contributed by atoms with Gasteiger partial charge in [-0.2, -0.15) is 0 Å². The van der Waals surface area contributed by atoms with E-state index < -0.39 is 17.2 Å². The molecule has 8 nitrogen and oxygen atoms in total. The van der Waals surface area contributed by atoms with Gasteiger partial charge in [0.2, 0.25) is 11.8 Å². The molecule has 0 unspecified atom stereocenters. The van der Waals surface area contributed by atoms with Gasteiger partial charge in [0, 0.05) is 18.5 Å². The molecule has 0 aromatic carbocycles. The number of H-pyrrole nitrogens is 1. The maximum Gasteiger partial charge on any atom is 0.328 e. The zero-order chi connectivity index (χ0) is 15.2. The molecule has 0 fully saturated rings. The third kappa shape index (κ3) is 3.78. The maximum atomic E-state index is 11.9. The first kappa shape index (κ1) is 14.5. The summed E-state index contributed by atoms with van der Waals surface area (Å²) in [6.07, 6.45) is 2.81. The molecular formula is C13H14N4O4. The van der Waals surface area contributed by atoms with Gasteiger partial charge in [-0.05, 0) is 19.1 Å². The van der Waals surface area contributed by atoms with E-state index in [4.69, 9.17) is 4.74 Å². The Labute approximate surface area is 119 Å². The quantitative estimate of drug-likeness (QED) is 0.804. The Bertz CT molecular complexity index is 750. The number of nitrogens with one attached hydrogen (secondary N) is 2. The van der Waals surface area contributed by atoms with E-state index in [-0.39, 0.29) is 6.54 Å². The number of amides is 1. The summed E-state index contributed by atoms with van der Waals surface area (Å²) >= 11 is 0. The molecule has 2 heterocycles. The van der Waals surface area contributed by atoms with Crippen molar-refractivity contribution in [2.45, 2.75) is 13.5 Å². The van der Waals surface area contributed by atoms with Crippen LogP contribution < -0.4 is 21.3 Å². The number of carbonyl (C=O) groups excluding carboxylic acids is 1. The molecule has 0 bridgehead atoms. The molecule has 0 saturated carbocycles. The van der Waals surface area contributed by atoms with Gasteiger partial charge in [-0.25, -0.2) is 9.78 Å². The lowest BCUT2D eigenvalue weighted by Crippen LogP contribution is -2.32. The second-order valence-electron chi connectivity index (χ2n) is 4.08. The summed E-state index contributed by atoms with van der Waals surface area (Å²) in [5, 5.41) is 2.61. The van der Waals surface area contributed by atoms with Crippen molar-refractivity contribution in [2.75, 3.05) is 11.9 Å². The molecule has 2 rings (SSSR count). The molecule has 0 spiro atoms. The molecular weight excluding hydrogens is 276 g/mol. The van der Waals surface area contributed by atoms with Crippen LogP contribution in [-0.2, 0) is 11.3 Å². The van der Waals surface area contributed by atoms with Crippen molar-refractivity contribution in [3.8, 4) is 5.88 Å². The van der Waals surface area contributed by atoms with Crippen molar-refractivity contribution in [1.29, 1.82) is 0 Å². The van der Waals surface area contributed by atoms with E-state index >= 15 is 0 Å². The predicted octanol–water partition coefficient (Wildman–Crippen LogP) is -0.0310. The monoisotopic (exact) mass is 290 g/mol. The van der Waals surface area contributed by atoms with Crippen LogP contribution in [0.3, 0.4) is 0 Å². The third-order valence-electron chi connectivity index (χ3n) is 2.54. The normalized spacial score (nSPS) is 10.1. The fraction of sp³-hybridized carbons (Fsp3) is 0.231. The SMILES string of the molecule is CCOc1ncccc1NC(=O)Cn1ccc(=O)[nH]c1=O. The zero-order valence-electron chi connectivity index (χ0n) is 11.3. The first-order chi connectivity index (χ1) is 10.1. The van der Waals surface area contributed by atoms with Gasteiger partial charge in [0.1, 0.15) is 12.2 Å². The van der Waals surface area contributed by atoms with E-state index in [0.717, 1.165) is 4.57 Å². The molecule has 21 heavy (non-hydrogen) atoms. The summed E-state index contributed by atoms with van der Waals surface area (Å²) in [5.41, 5.74) is -0.738. The van der Waals surface area contributed by atoms with Crippen molar-refractivity contribution in [3.05, 3.63) is 51.4 Å². The van der Waals surface area contributed by atoms with Crippen molar-refractivity contribution in [3.63, 3.8) is 0 Å². The minimum atomic E-state index is -0.645. The molecule has 8 heteroatoms. The summed E-state index contributed by atoms with van der Waals surface area (Å²) < 4.78 is 6.38. The Morgan fingerprint density at radius 2 is 2.24 bits per heavy atom. The fourth-order valence-corrected chi connectivity index (χ4v) is 1.65. The van der Waals surface area contributed by atoms with Gasteiger partial charge in [-0.1, -0.05) is 0 Å². The van der Waals surface area contributed by atoms with Crippen LogP contribution in [0.4, 0.5) is 5.69 Å². The molecule has 1 amide bonds. The van der Waals surface area contributed by atoms with E-state index in [1.54, 1.807) is 25.3 Å². The van der Waals surface area contributed by atoms with Crippen LogP contribution >= 0.6 is 0 Å². The van der Waals surface area contributed by atoms with Crippen LogP contribution in [0.2, 0.25) is 0 Å². The maximum absolute atomic E-state index is 11.9. The summed E-state index contributed by atoms with van der Waals surface area (Å²) in [6.45, 7) is 2.00. The third-order valence-corrected chi connectivity index (χ3v) is 2.54. The first-order valence-electron chi connectivity index (χ1n) is 6.27. The summed E-state index contributed by atoms with van der Waals surface area (Å²) in [4.78, 5) is 40.4. The van der Waals surface area contributed by atoms with Crippen LogP contribution in [-0.4, -0.2) is 27.0 Å². The summed E-state index contributed by atoms with van der Waals surface area (Å²) in [7, 11) is 0. The van der Waals surface area contributed by atoms with Crippen molar-refractivity contribution < 1.29 is 9.53 Å². The van der Waals surface area contributed by atoms with Crippen LogP contribution in [0.25, 0.3) is 0 Å². The minimum Gasteiger partial charge on any atom is -0.476 e. The molecule has 0 aliphatic heterocycles. The number of anilines is 1. The van der Waals surface area contributed by atoms with Gasteiger partial charge in [-0.3, -0.25) is 19.1 Å². The molecule has 0 radical (unpaired) electrons. The van der Waals surface area contributed by atoms with Gasteiger partial charge in [0.15, 0.2) is 0 Å². The summed E-state index contributed by atoms with van der Waals surface area (Å²) in [6, 6.07) is 4.47. The Morgan fingerprint density at radius 3 is 2.95 bits per heavy atom. The van der Waals surface area contributed by atoms with E-state index in [1.807, 2.05) is 0 Å². The second-order valence-corrected chi connectivity index (χ2v) is 4.08. The Morgan fingerprint density at radius 1 is 1.43 bits per heavy atom. The van der Waals surface area contributed by atoms with Crippen LogP contribution in [0.5, 0.6) is 5.88 Å². The lowest BCUT2D eigenvalue weighted by molar-refractivity contribution is -0.116. The van der Waals surface area contributed by atoms with E-state index in [0.29, 0.717) is 18.2 Å². The lowest BCUT2D eigenvalue weighted by Gasteiger charge is -2.10. The number of nitrogens with zero attached hydrogens (tertiary/aromatic N) is 2. The van der Waals surface area contributed by atoms with Gasteiger partial charge in [0.05, 0.1) is 6.61 Å². The highest BCUT2D eigenvalue weighted by molar-refractivity contribution is 5.91. The molecule has 2 aromatic rings. The average molecular weight is 290 g/mol. The van der Waals surface area contributed by atoms with Crippen LogP contribution in [0, 0.1) is 0 Å². The van der Waals surface area contributed by atoms with Crippen LogP contribution in [0.15, 0.2) is 40.2 Å². The highest BCUT2D eigenvalue weighted by Gasteiger charge is 2.09. The molecule has 0 saturated heterocycles. The number of hydrogen-bond acceptors (Lipinski definition) is 5. The Hall–Kier alpha value is -2.90. The van der Waals surface area contributed by atoms with E-state index in [9.17, 15) is 14.4 Å². The largest absolute Gasteiger partial charge is 0.476 e. The molecule has 2 N–H and O–H groups in total. The highest BCUT2D eigenvalue weighted by atomic mass is 16.5. The number of carbonyl (C=O) groups is 1. The van der Waals surface area contributed by atoms with Gasteiger partial charge < -0.3 is 10.1 Å². The number of rotatable bonds is 5. The van der Waals surface area contributed by atoms with Gasteiger partial charge in [-0.15, -0.1) is 0 Å². The molecule has 0 atom stereocenters. The van der Waals surface area contributed by atoms with Crippen molar-refractivity contribution in [2.24, 2.45) is 0 Å². The number of hydrogen-bond donors (Lipinski definition) is 2. The molecule has 2 aromatic heterocycles. The molecule has 0 aliphatic rings. The predicted molar refractivity (Wildman–Crippen MR) is 75.4 cm³/mol. The van der Waals surface area contributed by atoms with E-state index in [1.165, 1.54) is 12.3 Å². The van der Waals surface area contributed by atoms with Gasteiger partial charge in [0.25, 0.3) is 5.56 Å². The summed E-state index contributed by atoms with van der Waals surface area (Å²) in [5.74, 6) is -0.125.